The summed E-state index contributed by atoms with van der Waals surface area (Å²) in [6.07, 6.45) is 2.78. The van der Waals surface area contributed by atoms with E-state index in [9.17, 15) is 14.7 Å². The third-order valence-electron chi connectivity index (χ3n) is 4.81. The molecule has 1 N–H and O–H groups in total. The molecule has 0 aromatic rings. The first-order valence-corrected chi connectivity index (χ1v) is 6.72. The number of fused-ring (bicyclic) bond motifs is 3. The van der Waals surface area contributed by atoms with Crippen LogP contribution in [-0.2, 0) is 14.3 Å². The van der Waals surface area contributed by atoms with Crippen LogP contribution in [0.1, 0.15) is 33.6 Å². The lowest BCUT2D eigenvalue weighted by atomic mass is 9.62. The summed E-state index contributed by atoms with van der Waals surface area (Å²) in [6, 6.07) is 0. The highest BCUT2D eigenvalue weighted by atomic mass is 16.7. The van der Waals surface area contributed by atoms with Crippen molar-refractivity contribution in [2.24, 2.45) is 17.8 Å². The van der Waals surface area contributed by atoms with Gasteiger partial charge in [-0.3, -0.25) is 4.79 Å². The molecule has 0 aromatic heterocycles. The van der Waals surface area contributed by atoms with E-state index in [1.54, 1.807) is 13.8 Å². The molecular weight excluding hydrogens is 244 g/mol. The second kappa shape index (κ2) is 3.79. The van der Waals surface area contributed by atoms with E-state index in [0.29, 0.717) is 24.0 Å². The minimum Gasteiger partial charge on any atom is -0.426 e. The van der Waals surface area contributed by atoms with Crippen LogP contribution in [0.5, 0.6) is 0 Å². The molecule has 4 heteroatoms. The average Bonchev–Trinajstić information content (AvgIpc) is 2.53. The molecule has 102 valence electrons. The lowest BCUT2D eigenvalue weighted by Gasteiger charge is -2.44. The van der Waals surface area contributed by atoms with E-state index in [-0.39, 0.29) is 23.5 Å². The lowest BCUT2D eigenvalue weighted by molar-refractivity contribution is -0.196. The Kier molecular flexibility index (Phi) is 2.52. The Labute approximate surface area is 112 Å². The zero-order valence-corrected chi connectivity index (χ0v) is 11.4. The van der Waals surface area contributed by atoms with Crippen LogP contribution in [0.3, 0.4) is 0 Å². The molecule has 1 heterocycles. The Morgan fingerprint density at radius 2 is 2.05 bits per heavy atom. The van der Waals surface area contributed by atoms with Gasteiger partial charge in [0.15, 0.2) is 5.78 Å². The molecule has 1 fully saturated rings. The minimum atomic E-state index is -1.46. The molecule has 0 unspecified atom stereocenters. The van der Waals surface area contributed by atoms with Crippen molar-refractivity contribution in [3.05, 3.63) is 22.8 Å². The van der Waals surface area contributed by atoms with Crippen molar-refractivity contribution in [2.45, 2.75) is 39.4 Å². The van der Waals surface area contributed by atoms with E-state index in [1.165, 1.54) is 0 Å². The van der Waals surface area contributed by atoms with Gasteiger partial charge in [0.2, 0.25) is 5.79 Å². The van der Waals surface area contributed by atoms with E-state index in [0.717, 1.165) is 5.57 Å². The standard InChI is InChI=1S/C15H18O4/c1-7-4-11-10(5-12(7)16)8(2)6-15(18)13(11)9(3)14(17)19-15/h4,8,10-11,18H,5-6H2,1-3H3/t8-,10+,11+,15-/m0/s1. The maximum Gasteiger partial charge on any atom is 0.336 e. The van der Waals surface area contributed by atoms with Crippen LogP contribution in [0, 0.1) is 17.8 Å². The molecule has 0 spiro atoms. The highest BCUT2D eigenvalue weighted by molar-refractivity contribution is 5.97. The smallest absolute Gasteiger partial charge is 0.336 e. The van der Waals surface area contributed by atoms with Crippen LogP contribution < -0.4 is 0 Å². The van der Waals surface area contributed by atoms with Crippen LogP contribution in [0.4, 0.5) is 0 Å². The summed E-state index contributed by atoms with van der Waals surface area (Å²) in [7, 11) is 0. The van der Waals surface area contributed by atoms with Crippen LogP contribution in [0.15, 0.2) is 22.8 Å². The third-order valence-corrected chi connectivity index (χ3v) is 4.81. The number of hydrogen-bond donors (Lipinski definition) is 1. The molecule has 4 nitrogen and oxygen atoms in total. The van der Waals surface area contributed by atoms with Gasteiger partial charge in [0.1, 0.15) is 0 Å². The molecule has 0 aromatic carbocycles. The van der Waals surface area contributed by atoms with Gasteiger partial charge in [-0.15, -0.1) is 0 Å². The average molecular weight is 262 g/mol. The molecule has 1 aliphatic heterocycles. The molecule has 0 radical (unpaired) electrons. The van der Waals surface area contributed by atoms with Gasteiger partial charge in [0.05, 0.1) is 0 Å². The van der Waals surface area contributed by atoms with E-state index in [1.807, 2.05) is 13.0 Å². The second-order valence-electron chi connectivity index (χ2n) is 6.06. The van der Waals surface area contributed by atoms with Gasteiger partial charge in [0, 0.05) is 29.9 Å². The Morgan fingerprint density at radius 1 is 1.37 bits per heavy atom. The van der Waals surface area contributed by atoms with E-state index in [4.69, 9.17) is 4.74 Å². The summed E-state index contributed by atoms with van der Waals surface area (Å²) < 4.78 is 5.17. The van der Waals surface area contributed by atoms with E-state index < -0.39 is 11.8 Å². The topological polar surface area (TPSA) is 63.6 Å². The number of rotatable bonds is 0. The predicted octanol–water partition coefficient (Wildman–Crippen LogP) is 1.74. The quantitative estimate of drug-likeness (QED) is 0.675. The molecule has 19 heavy (non-hydrogen) atoms. The normalized spacial score (nSPS) is 41.7. The van der Waals surface area contributed by atoms with Crippen molar-refractivity contribution >= 4 is 11.8 Å². The van der Waals surface area contributed by atoms with Gasteiger partial charge in [0.25, 0.3) is 0 Å². The van der Waals surface area contributed by atoms with Gasteiger partial charge < -0.3 is 9.84 Å². The molecule has 4 atom stereocenters. The largest absolute Gasteiger partial charge is 0.426 e. The fraction of sp³-hybridized carbons (Fsp3) is 0.600. The van der Waals surface area contributed by atoms with Crippen LogP contribution in [0.2, 0.25) is 0 Å². The first kappa shape index (κ1) is 12.6. The number of hydrogen-bond acceptors (Lipinski definition) is 4. The number of Topliss-reactive ketones (excluding diaryl/α,β-unsaturated/α-hetero) is 1. The van der Waals surface area contributed by atoms with Crippen LogP contribution >= 0.6 is 0 Å². The first-order chi connectivity index (χ1) is 8.83. The van der Waals surface area contributed by atoms with Gasteiger partial charge in [-0.1, -0.05) is 13.0 Å². The van der Waals surface area contributed by atoms with Crippen molar-refractivity contribution in [3.8, 4) is 0 Å². The van der Waals surface area contributed by atoms with Crippen LogP contribution in [-0.4, -0.2) is 22.6 Å². The SMILES string of the molecule is CC1=C[C@H]2C3=C(C)C(=O)O[C@@]3(O)C[C@H](C)[C@H]2CC1=O. The van der Waals surface area contributed by atoms with Crippen molar-refractivity contribution < 1.29 is 19.4 Å². The Morgan fingerprint density at radius 3 is 2.74 bits per heavy atom. The fourth-order valence-corrected chi connectivity index (χ4v) is 3.78. The molecule has 0 saturated heterocycles. The molecule has 1 saturated carbocycles. The monoisotopic (exact) mass is 262 g/mol. The van der Waals surface area contributed by atoms with Gasteiger partial charge in [-0.25, -0.2) is 4.79 Å². The number of ketones is 1. The molecule has 3 rings (SSSR count). The number of allylic oxidation sites excluding steroid dienone is 2. The summed E-state index contributed by atoms with van der Waals surface area (Å²) in [6.45, 7) is 5.50. The Bertz CT molecular complexity index is 542. The number of ether oxygens (including phenoxy) is 1. The summed E-state index contributed by atoms with van der Waals surface area (Å²) in [4.78, 5) is 23.6. The number of carbonyl (C=O) groups excluding carboxylic acids is 2. The zero-order chi connectivity index (χ0) is 13.9. The Balaban J connectivity index is 2.15. The summed E-state index contributed by atoms with van der Waals surface area (Å²) in [5.41, 5.74) is 1.90. The maximum atomic E-state index is 11.9. The molecule has 2 aliphatic carbocycles. The molecule has 3 aliphatic rings. The highest BCUT2D eigenvalue weighted by Gasteiger charge is 2.55. The lowest BCUT2D eigenvalue weighted by Crippen LogP contribution is -2.47. The zero-order valence-electron chi connectivity index (χ0n) is 11.4. The molecular formula is C15H18O4. The second-order valence-corrected chi connectivity index (χ2v) is 6.06. The van der Waals surface area contributed by atoms with Gasteiger partial charge >= 0.3 is 5.97 Å². The highest BCUT2D eigenvalue weighted by Crippen LogP contribution is 2.52. The minimum absolute atomic E-state index is 0.0575. The number of carbonyl (C=O) groups is 2. The van der Waals surface area contributed by atoms with Gasteiger partial charge in [-0.05, 0) is 31.3 Å². The Hall–Kier alpha value is -1.42. The van der Waals surface area contributed by atoms with E-state index in [2.05, 4.69) is 0 Å². The van der Waals surface area contributed by atoms with Crippen molar-refractivity contribution in [1.82, 2.24) is 0 Å². The summed E-state index contributed by atoms with van der Waals surface area (Å²) >= 11 is 0. The van der Waals surface area contributed by atoms with Crippen LogP contribution in [0.25, 0.3) is 0 Å². The van der Waals surface area contributed by atoms with Gasteiger partial charge in [-0.2, -0.15) is 0 Å². The van der Waals surface area contributed by atoms with Crippen molar-refractivity contribution in [2.75, 3.05) is 0 Å². The summed E-state index contributed by atoms with van der Waals surface area (Å²) in [5, 5.41) is 10.6. The van der Waals surface area contributed by atoms with E-state index >= 15 is 0 Å². The molecule has 0 amide bonds. The fourth-order valence-electron chi connectivity index (χ4n) is 3.78. The third kappa shape index (κ3) is 1.62. The predicted molar refractivity (Wildman–Crippen MR) is 67.9 cm³/mol. The first-order valence-electron chi connectivity index (χ1n) is 6.72. The maximum absolute atomic E-state index is 11.9. The molecule has 0 bridgehead atoms. The summed E-state index contributed by atoms with van der Waals surface area (Å²) in [5.74, 6) is -1.48. The number of esters is 1. The number of aliphatic hydroxyl groups is 1. The van der Waals surface area contributed by atoms with Crippen molar-refractivity contribution in [1.29, 1.82) is 0 Å². The van der Waals surface area contributed by atoms with Crippen molar-refractivity contribution in [3.63, 3.8) is 0 Å².